The number of hydrogen-bond acceptors (Lipinski definition) is 5. The molecule has 0 saturated carbocycles. The third kappa shape index (κ3) is 3.54. The molecule has 2 atom stereocenters. The first-order chi connectivity index (χ1) is 10.1. The lowest BCUT2D eigenvalue weighted by Gasteiger charge is -2.44. The van der Waals surface area contributed by atoms with E-state index in [1.165, 1.54) is 0 Å². The molecule has 1 fully saturated rings. The van der Waals surface area contributed by atoms with Crippen LogP contribution in [0.3, 0.4) is 0 Å². The monoisotopic (exact) mass is 294 g/mol. The molecule has 1 saturated heterocycles. The molecule has 5 nitrogen and oxygen atoms in total. The smallest absolute Gasteiger partial charge is 0.217 e. The maximum atomic E-state index is 10.5. The minimum atomic E-state index is -0.487. The van der Waals surface area contributed by atoms with Crippen LogP contribution < -0.4 is 4.74 Å². The van der Waals surface area contributed by atoms with Crippen molar-refractivity contribution in [2.24, 2.45) is 5.41 Å². The number of pyridine rings is 1. The molecular formula is C16H26N2O3. The molecule has 0 amide bonds. The third-order valence-corrected chi connectivity index (χ3v) is 4.56. The Morgan fingerprint density at radius 2 is 2.33 bits per heavy atom. The van der Waals surface area contributed by atoms with Gasteiger partial charge in [0, 0.05) is 30.3 Å². The lowest BCUT2D eigenvalue weighted by molar-refractivity contribution is -0.0803. The Kier molecular flexibility index (Phi) is 5.56. The Morgan fingerprint density at radius 1 is 1.52 bits per heavy atom. The molecule has 0 aliphatic carbocycles. The number of nitrogens with zero attached hydrogens (tertiary/aromatic N) is 2. The fourth-order valence-corrected chi connectivity index (χ4v) is 3.24. The van der Waals surface area contributed by atoms with Gasteiger partial charge < -0.3 is 14.9 Å². The number of aliphatic hydroxyl groups excluding tert-OH is 2. The molecule has 0 spiro atoms. The predicted octanol–water partition coefficient (Wildman–Crippen LogP) is 1.44. The second-order valence-electron chi connectivity index (χ2n) is 5.94. The molecule has 0 unspecified atom stereocenters. The SMILES string of the molecule is CCC[C@]1(CO)CCN(Cc2cccnc2OC)C[C@H]1O. The van der Waals surface area contributed by atoms with Crippen LogP contribution in [-0.2, 0) is 6.54 Å². The van der Waals surface area contributed by atoms with Crippen molar-refractivity contribution in [1.82, 2.24) is 9.88 Å². The molecular weight excluding hydrogens is 268 g/mol. The van der Waals surface area contributed by atoms with E-state index in [2.05, 4.69) is 16.8 Å². The van der Waals surface area contributed by atoms with Gasteiger partial charge in [0.1, 0.15) is 0 Å². The number of aromatic nitrogens is 1. The van der Waals surface area contributed by atoms with Crippen LogP contribution in [0.1, 0.15) is 31.7 Å². The van der Waals surface area contributed by atoms with E-state index in [4.69, 9.17) is 4.74 Å². The second-order valence-corrected chi connectivity index (χ2v) is 5.94. The van der Waals surface area contributed by atoms with Crippen LogP contribution in [-0.4, -0.2) is 53.0 Å². The Labute approximate surface area is 126 Å². The zero-order valence-electron chi connectivity index (χ0n) is 13.0. The van der Waals surface area contributed by atoms with Gasteiger partial charge in [-0.15, -0.1) is 0 Å². The third-order valence-electron chi connectivity index (χ3n) is 4.56. The number of aliphatic hydroxyl groups is 2. The number of hydrogen-bond donors (Lipinski definition) is 2. The van der Waals surface area contributed by atoms with Crippen molar-refractivity contribution in [3.63, 3.8) is 0 Å². The van der Waals surface area contributed by atoms with Gasteiger partial charge in [0.25, 0.3) is 0 Å². The number of ether oxygens (including phenoxy) is 1. The molecule has 2 N–H and O–H groups in total. The number of methoxy groups -OCH3 is 1. The van der Waals surface area contributed by atoms with Gasteiger partial charge in [0.05, 0.1) is 19.8 Å². The molecule has 0 bridgehead atoms. The predicted molar refractivity (Wildman–Crippen MR) is 81.1 cm³/mol. The van der Waals surface area contributed by atoms with Gasteiger partial charge in [0.15, 0.2) is 0 Å². The van der Waals surface area contributed by atoms with Gasteiger partial charge in [-0.2, -0.15) is 0 Å². The van der Waals surface area contributed by atoms with E-state index in [9.17, 15) is 10.2 Å². The Hall–Kier alpha value is -1.17. The van der Waals surface area contributed by atoms with Crippen molar-refractivity contribution < 1.29 is 14.9 Å². The lowest BCUT2D eigenvalue weighted by Crippen LogP contribution is -2.52. The number of piperidine rings is 1. The molecule has 0 radical (unpaired) electrons. The Balaban J connectivity index is 2.02. The van der Waals surface area contributed by atoms with E-state index in [0.717, 1.165) is 31.4 Å². The van der Waals surface area contributed by atoms with Gasteiger partial charge in [-0.05, 0) is 25.5 Å². The first-order valence-electron chi connectivity index (χ1n) is 7.64. The van der Waals surface area contributed by atoms with Gasteiger partial charge in [-0.3, -0.25) is 4.90 Å². The summed E-state index contributed by atoms with van der Waals surface area (Å²) >= 11 is 0. The standard InChI is InChI=1S/C16H26N2O3/c1-3-6-16(12-19)7-9-18(11-14(16)20)10-13-5-4-8-17-15(13)21-2/h4-5,8,14,19-20H,3,6-7,9-12H2,1-2H3/t14-,16-/m1/s1. The summed E-state index contributed by atoms with van der Waals surface area (Å²) < 4.78 is 5.27. The zero-order chi connectivity index (χ0) is 15.3. The van der Waals surface area contributed by atoms with Crippen molar-refractivity contribution in [2.75, 3.05) is 26.8 Å². The summed E-state index contributed by atoms with van der Waals surface area (Å²) in [5, 5.41) is 20.2. The van der Waals surface area contributed by atoms with E-state index in [1.54, 1.807) is 13.3 Å². The maximum Gasteiger partial charge on any atom is 0.217 e. The van der Waals surface area contributed by atoms with E-state index in [-0.39, 0.29) is 12.0 Å². The highest BCUT2D eigenvalue weighted by atomic mass is 16.5. The fourth-order valence-electron chi connectivity index (χ4n) is 3.24. The van der Waals surface area contributed by atoms with Crippen molar-refractivity contribution in [2.45, 2.75) is 38.8 Å². The molecule has 2 rings (SSSR count). The largest absolute Gasteiger partial charge is 0.481 e. The average molecular weight is 294 g/mol. The molecule has 1 aromatic heterocycles. The summed E-state index contributed by atoms with van der Waals surface area (Å²) in [5.74, 6) is 0.638. The Bertz CT molecular complexity index is 455. The maximum absolute atomic E-state index is 10.5. The fraction of sp³-hybridized carbons (Fsp3) is 0.688. The number of rotatable bonds is 6. The average Bonchev–Trinajstić information content (AvgIpc) is 2.51. The number of β-amino-alcohol motifs (C(OH)–C–C–N with tert-alkyl or cyclic N) is 1. The quantitative estimate of drug-likeness (QED) is 0.831. The number of likely N-dealkylation sites (tertiary alicyclic amines) is 1. The summed E-state index contributed by atoms with van der Waals surface area (Å²) in [6.45, 7) is 4.32. The van der Waals surface area contributed by atoms with Crippen molar-refractivity contribution in [3.05, 3.63) is 23.9 Å². The topological polar surface area (TPSA) is 65.8 Å². The highest BCUT2D eigenvalue weighted by Crippen LogP contribution is 2.36. The molecule has 2 heterocycles. The van der Waals surface area contributed by atoms with Crippen molar-refractivity contribution >= 4 is 0 Å². The Morgan fingerprint density at radius 3 is 2.95 bits per heavy atom. The molecule has 118 valence electrons. The van der Waals surface area contributed by atoms with E-state index in [0.29, 0.717) is 19.0 Å². The van der Waals surface area contributed by atoms with E-state index < -0.39 is 6.10 Å². The van der Waals surface area contributed by atoms with Crippen LogP contribution in [0.25, 0.3) is 0 Å². The van der Waals surface area contributed by atoms with Crippen LogP contribution in [0.2, 0.25) is 0 Å². The molecule has 0 aromatic carbocycles. The minimum Gasteiger partial charge on any atom is -0.481 e. The van der Waals surface area contributed by atoms with Crippen molar-refractivity contribution in [1.29, 1.82) is 0 Å². The van der Waals surface area contributed by atoms with Gasteiger partial charge in [-0.1, -0.05) is 19.4 Å². The molecule has 1 aliphatic heterocycles. The summed E-state index contributed by atoms with van der Waals surface area (Å²) in [5.41, 5.74) is 0.698. The van der Waals surface area contributed by atoms with Gasteiger partial charge >= 0.3 is 0 Å². The highest BCUT2D eigenvalue weighted by molar-refractivity contribution is 5.25. The van der Waals surface area contributed by atoms with Gasteiger partial charge in [0.2, 0.25) is 5.88 Å². The van der Waals surface area contributed by atoms with E-state index in [1.807, 2.05) is 12.1 Å². The van der Waals surface area contributed by atoms with Gasteiger partial charge in [-0.25, -0.2) is 4.98 Å². The normalized spacial score (nSPS) is 26.8. The van der Waals surface area contributed by atoms with Crippen molar-refractivity contribution in [3.8, 4) is 5.88 Å². The van der Waals surface area contributed by atoms with E-state index >= 15 is 0 Å². The minimum absolute atomic E-state index is 0.0616. The van der Waals surface area contributed by atoms with Crippen LogP contribution in [0.5, 0.6) is 5.88 Å². The van der Waals surface area contributed by atoms with Crippen LogP contribution in [0, 0.1) is 5.41 Å². The summed E-state index contributed by atoms with van der Waals surface area (Å²) in [4.78, 5) is 6.41. The lowest BCUT2D eigenvalue weighted by atomic mass is 9.73. The first kappa shape index (κ1) is 16.2. The summed E-state index contributed by atoms with van der Waals surface area (Å²) in [6, 6.07) is 3.89. The zero-order valence-corrected chi connectivity index (χ0v) is 13.0. The highest BCUT2D eigenvalue weighted by Gasteiger charge is 2.41. The van der Waals surface area contributed by atoms with Crippen LogP contribution in [0.4, 0.5) is 0 Å². The van der Waals surface area contributed by atoms with Crippen LogP contribution in [0.15, 0.2) is 18.3 Å². The molecule has 1 aromatic rings. The molecule has 5 heteroatoms. The first-order valence-corrected chi connectivity index (χ1v) is 7.64. The van der Waals surface area contributed by atoms with Crippen LogP contribution >= 0.6 is 0 Å². The molecule has 21 heavy (non-hydrogen) atoms. The summed E-state index contributed by atoms with van der Waals surface area (Å²) in [6.07, 6.45) is 3.90. The second kappa shape index (κ2) is 7.20. The summed E-state index contributed by atoms with van der Waals surface area (Å²) in [7, 11) is 1.62. The molecule has 1 aliphatic rings.